The highest BCUT2D eigenvalue weighted by Gasteiger charge is 2.38. The summed E-state index contributed by atoms with van der Waals surface area (Å²) in [6, 6.07) is 3.24. The van der Waals surface area contributed by atoms with Gasteiger partial charge in [0.2, 0.25) is 0 Å². The van der Waals surface area contributed by atoms with Gasteiger partial charge in [-0.3, -0.25) is 0 Å². The third-order valence-electron chi connectivity index (χ3n) is 4.70. The molecule has 0 saturated carbocycles. The Bertz CT molecular complexity index is 830. The Morgan fingerprint density at radius 2 is 2.16 bits per heavy atom. The molecule has 0 spiro atoms. The monoisotopic (exact) mass is 364 g/mol. The molecule has 2 atom stereocenters. The third kappa shape index (κ3) is 2.88. The number of halogens is 2. The van der Waals surface area contributed by atoms with Crippen LogP contribution in [0.2, 0.25) is 5.15 Å². The number of hydrogen-bond donors (Lipinski definition) is 0. The van der Waals surface area contributed by atoms with Crippen molar-refractivity contribution in [1.29, 1.82) is 0 Å². The SMILES string of the molecule is COCOc1cc(C)cc(F)c1-c1nnc(Cl)c2c1CC1CCC2O1. The van der Waals surface area contributed by atoms with Crippen LogP contribution in [0.5, 0.6) is 5.75 Å². The Hall–Kier alpha value is -1.76. The minimum atomic E-state index is -0.399. The number of fused-ring (bicyclic) bond motifs is 4. The highest BCUT2D eigenvalue weighted by Crippen LogP contribution is 2.47. The third-order valence-corrected chi connectivity index (χ3v) is 4.98. The minimum absolute atomic E-state index is 0.0213. The summed E-state index contributed by atoms with van der Waals surface area (Å²) < 4.78 is 31.4. The van der Waals surface area contributed by atoms with Gasteiger partial charge in [-0.2, -0.15) is 0 Å². The van der Waals surface area contributed by atoms with E-state index in [9.17, 15) is 4.39 Å². The second-order valence-corrected chi connectivity index (χ2v) is 6.79. The maximum atomic E-state index is 14.9. The quantitative estimate of drug-likeness (QED) is 0.767. The molecule has 0 N–H and O–H groups in total. The Balaban J connectivity index is 1.90. The van der Waals surface area contributed by atoms with Crippen LogP contribution in [0.4, 0.5) is 4.39 Å². The zero-order valence-electron chi connectivity index (χ0n) is 14.0. The number of benzene rings is 1. The molecular formula is C18H18ClFN2O3. The van der Waals surface area contributed by atoms with Crippen LogP contribution in [0.1, 0.15) is 35.6 Å². The van der Waals surface area contributed by atoms with E-state index < -0.39 is 5.82 Å². The molecule has 25 heavy (non-hydrogen) atoms. The largest absolute Gasteiger partial charge is 0.467 e. The first-order chi connectivity index (χ1) is 12.1. The molecule has 2 aliphatic heterocycles. The van der Waals surface area contributed by atoms with Gasteiger partial charge in [-0.25, -0.2) is 4.39 Å². The van der Waals surface area contributed by atoms with Gasteiger partial charge in [0.1, 0.15) is 17.3 Å². The van der Waals surface area contributed by atoms with Gasteiger partial charge in [0.15, 0.2) is 11.9 Å². The van der Waals surface area contributed by atoms with Crippen molar-refractivity contribution < 1.29 is 18.6 Å². The molecule has 132 valence electrons. The fraction of sp³-hybridized carbons (Fsp3) is 0.444. The van der Waals surface area contributed by atoms with Crippen LogP contribution in [-0.2, 0) is 15.9 Å². The molecule has 1 saturated heterocycles. The molecular weight excluding hydrogens is 347 g/mol. The molecule has 0 amide bonds. The summed E-state index contributed by atoms with van der Waals surface area (Å²) in [6.07, 6.45) is 2.53. The van der Waals surface area contributed by atoms with Gasteiger partial charge in [-0.15, -0.1) is 10.2 Å². The maximum Gasteiger partial charge on any atom is 0.188 e. The molecule has 1 aromatic heterocycles. The highest BCUT2D eigenvalue weighted by atomic mass is 35.5. The fourth-order valence-electron chi connectivity index (χ4n) is 3.67. The van der Waals surface area contributed by atoms with E-state index in [-0.39, 0.29) is 19.0 Å². The number of nitrogens with zero attached hydrogens (tertiary/aromatic N) is 2. The van der Waals surface area contributed by atoms with Gasteiger partial charge in [0.05, 0.1) is 17.8 Å². The number of methoxy groups -OCH3 is 1. The second kappa shape index (κ2) is 6.52. The van der Waals surface area contributed by atoms with Crippen molar-refractivity contribution in [1.82, 2.24) is 10.2 Å². The molecule has 1 fully saturated rings. The van der Waals surface area contributed by atoms with E-state index in [1.54, 1.807) is 6.07 Å². The highest BCUT2D eigenvalue weighted by molar-refractivity contribution is 6.30. The normalized spacial score (nSPS) is 21.3. The van der Waals surface area contributed by atoms with Crippen molar-refractivity contribution in [3.63, 3.8) is 0 Å². The fourth-order valence-corrected chi connectivity index (χ4v) is 3.94. The molecule has 5 nitrogen and oxygen atoms in total. The minimum Gasteiger partial charge on any atom is -0.467 e. The van der Waals surface area contributed by atoms with Crippen molar-refractivity contribution in [2.45, 2.75) is 38.4 Å². The summed E-state index contributed by atoms with van der Waals surface area (Å²) in [4.78, 5) is 0. The smallest absolute Gasteiger partial charge is 0.188 e. The van der Waals surface area contributed by atoms with Gasteiger partial charge in [0, 0.05) is 19.1 Å². The Morgan fingerprint density at radius 1 is 1.32 bits per heavy atom. The summed E-state index contributed by atoms with van der Waals surface area (Å²) >= 11 is 6.28. The predicted octanol–water partition coefficient (Wildman–Crippen LogP) is 4.00. The van der Waals surface area contributed by atoms with E-state index in [4.69, 9.17) is 25.8 Å². The number of rotatable bonds is 4. The van der Waals surface area contributed by atoms with Gasteiger partial charge in [-0.1, -0.05) is 11.6 Å². The topological polar surface area (TPSA) is 53.5 Å². The lowest BCUT2D eigenvalue weighted by Crippen LogP contribution is -2.21. The number of hydrogen-bond acceptors (Lipinski definition) is 5. The van der Waals surface area contributed by atoms with Gasteiger partial charge in [-0.05, 0) is 43.0 Å². The second-order valence-electron chi connectivity index (χ2n) is 6.43. The van der Waals surface area contributed by atoms with E-state index >= 15 is 0 Å². The first-order valence-corrected chi connectivity index (χ1v) is 8.59. The van der Waals surface area contributed by atoms with E-state index in [0.717, 1.165) is 29.5 Å². The van der Waals surface area contributed by atoms with Crippen molar-refractivity contribution >= 4 is 11.6 Å². The van der Waals surface area contributed by atoms with Crippen molar-refractivity contribution in [2.75, 3.05) is 13.9 Å². The van der Waals surface area contributed by atoms with Gasteiger partial charge >= 0.3 is 0 Å². The summed E-state index contributed by atoms with van der Waals surface area (Å²) in [5, 5.41) is 8.60. The van der Waals surface area contributed by atoms with Crippen LogP contribution < -0.4 is 4.74 Å². The zero-order chi connectivity index (χ0) is 17.6. The van der Waals surface area contributed by atoms with Crippen LogP contribution in [-0.4, -0.2) is 30.2 Å². The molecule has 0 radical (unpaired) electrons. The van der Waals surface area contributed by atoms with Gasteiger partial charge in [0.25, 0.3) is 0 Å². The Labute approximate surface area is 150 Å². The lowest BCUT2D eigenvalue weighted by atomic mass is 9.94. The number of ether oxygens (including phenoxy) is 3. The summed E-state index contributed by atoms with van der Waals surface area (Å²) in [5.74, 6) is -0.0132. The van der Waals surface area contributed by atoms with E-state index in [1.807, 2.05) is 6.92 Å². The molecule has 3 heterocycles. The molecule has 2 bridgehead atoms. The summed E-state index contributed by atoms with van der Waals surface area (Å²) in [7, 11) is 1.52. The average molecular weight is 365 g/mol. The van der Waals surface area contributed by atoms with Crippen LogP contribution in [0.15, 0.2) is 12.1 Å². The molecule has 0 aliphatic carbocycles. The van der Waals surface area contributed by atoms with E-state index in [2.05, 4.69) is 10.2 Å². The zero-order valence-corrected chi connectivity index (χ0v) is 14.8. The average Bonchev–Trinajstić information content (AvgIpc) is 2.95. The first-order valence-electron chi connectivity index (χ1n) is 8.21. The molecule has 7 heteroatoms. The predicted molar refractivity (Wildman–Crippen MR) is 90.2 cm³/mol. The maximum absolute atomic E-state index is 14.9. The lowest BCUT2D eigenvalue weighted by molar-refractivity contribution is 0.0321. The first kappa shape index (κ1) is 16.7. The molecule has 1 aromatic carbocycles. The summed E-state index contributed by atoms with van der Waals surface area (Å²) in [5.41, 5.74) is 3.26. The molecule has 2 aliphatic rings. The van der Waals surface area contributed by atoms with Crippen molar-refractivity contribution in [3.8, 4) is 17.0 Å². The van der Waals surface area contributed by atoms with Crippen LogP contribution >= 0.6 is 11.6 Å². The van der Waals surface area contributed by atoms with Gasteiger partial charge < -0.3 is 14.2 Å². The summed E-state index contributed by atoms with van der Waals surface area (Å²) in [6.45, 7) is 1.83. The Morgan fingerprint density at radius 3 is 2.96 bits per heavy atom. The van der Waals surface area contributed by atoms with Crippen molar-refractivity contribution in [3.05, 3.63) is 39.8 Å². The lowest BCUT2D eigenvalue weighted by Gasteiger charge is -2.26. The van der Waals surface area contributed by atoms with E-state index in [0.29, 0.717) is 28.6 Å². The van der Waals surface area contributed by atoms with Crippen LogP contribution in [0.25, 0.3) is 11.3 Å². The van der Waals surface area contributed by atoms with Crippen molar-refractivity contribution in [2.24, 2.45) is 0 Å². The number of aryl methyl sites for hydroxylation is 1. The van der Waals surface area contributed by atoms with Crippen LogP contribution in [0, 0.1) is 12.7 Å². The number of aromatic nitrogens is 2. The molecule has 2 aromatic rings. The van der Waals surface area contributed by atoms with E-state index in [1.165, 1.54) is 13.2 Å². The molecule has 2 unspecified atom stereocenters. The standard InChI is InChI=1S/C18H18ClFN2O3/c1-9-5-12(20)16(14(6-9)24-8-23-2)17-11-7-10-3-4-13(25-10)15(11)18(19)22-21-17/h5-6,10,13H,3-4,7-8H2,1-2H3. The van der Waals surface area contributed by atoms with Crippen LogP contribution in [0.3, 0.4) is 0 Å². The molecule has 4 rings (SSSR count). The Kier molecular flexibility index (Phi) is 4.35.